The molecule has 0 aliphatic heterocycles. The topological polar surface area (TPSA) is 26.0 Å². The summed E-state index contributed by atoms with van der Waals surface area (Å²) in [7, 11) is 0. The second kappa shape index (κ2) is 9.10. The van der Waals surface area contributed by atoms with Gasteiger partial charge in [-0.2, -0.15) is 0 Å². The molecule has 3 heteroatoms. The Hall–Kier alpha value is -3.43. The first-order valence-corrected chi connectivity index (χ1v) is 14.4. The van der Waals surface area contributed by atoms with Gasteiger partial charge in [-0.1, -0.05) is 71.0 Å². The summed E-state index contributed by atoms with van der Waals surface area (Å²) in [5.41, 5.74) is 9.14. The van der Waals surface area contributed by atoms with Gasteiger partial charge in [0, 0.05) is 15.8 Å². The summed E-state index contributed by atoms with van der Waals surface area (Å²) in [5.74, 6) is 1.57. The van der Waals surface area contributed by atoms with E-state index in [2.05, 4.69) is 108 Å². The minimum absolute atomic E-state index is 0.0122. The lowest BCUT2D eigenvalue weighted by Gasteiger charge is -2.23. The van der Waals surface area contributed by atoms with Gasteiger partial charge in [-0.15, -0.1) is 11.3 Å². The zero-order valence-electron chi connectivity index (χ0n) is 23.4. The van der Waals surface area contributed by atoms with E-state index in [-0.39, 0.29) is 5.41 Å². The fourth-order valence-corrected chi connectivity index (χ4v) is 6.67. The van der Waals surface area contributed by atoms with Crippen LogP contribution in [0.5, 0.6) is 0 Å². The molecule has 0 aliphatic rings. The molecular formula is C35H35NOS. The Labute approximate surface area is 229 Å². The fraction of sp³-hybridized carbons (Fsp3) is 0.286. The van der Waals surface area contributed by atoms with Crippen LogP contribution >= 0.6 is 11.3 Å². The number of aryl methyl sites for hydroxylation is 2. The molecule has 2 nitrogen and oxygen atoms in total. The first-order valence-electron chi connectivity index (χ1n) is 13.5. The molecule has 0 radical (unpaired) electrons. The summed E-state index contributed by atoms with van der Waals surface area (Å²) < 4.78 is 7.57. The molecule has 0 atom stereocenters. The number of benzene rings is 3. The van der Waals surface area contributed by atoms with Crippen molar-refractivity contribution in [1.29, 1.82) is 0 Å². The number of pyridine rings is 1. The normalized spacial score (nSPS) is 12.4. The fourth-order valence-electron chi connectivity index (χ4n) is 5.66. The predicted molar refractivity (Wildman–Crippen MR) is 164 cm³/mol. The monoisotopic (exact) mass is 517 g/mol. The molecule has 0 saturated carbocycles. The van der Waals surface area contributed by atoms with Crippen LogP contribution in [0.2, 0.25) is 0 Å². The highest BCUT2D eigenvalue weighted by Crippen LogP contribution is 2.41. The van der Waals surface area contributed by atoms with Gasteiger partial charge >= 0.3 is 0 Å². The van der Waals surface area contributed by atoms with Gasteiger partial charge in [-0.25, -0.2) is 4.98 Å². The zero-order chi connectivity index (χ0) is 26.8. The number of furan rings is 1. The molecule has 0 unspecified atom stereocenters. The zero-order valence-corrected chi connectivity index (χ0v) is 24.2. The smallest absolute Gasteiger partial charge is 0.227 e. The van der Waals surface area contributed by atoms with Crippen LogP contribution in [0.15, 0.2) is 70.5 Å². The van der Waals surface area contributed by atoms with E-state index < -0.39 is 0 Å². The second-order valence-corrected chi connectivity index (χ2v) is 13.0. The molecule has 3 aromatic carbocycles. The van der Waals surface area contributed by atoms with Gasteiger partial charge in [0.15, 0.2) is 0 Å². The molecule has 0 N–H and O–H groups in total. The van der Waals surface area contributed by atoms with E-state index in [1.54, 1.807) is 0 Å². The molecule has 6 aromatic rings. The van der Waals surface area contributed by atoms with Gasteiger partial charge in [0.1, 0.15) is 5.76 Å². The van der Waals surface area contributed by atoms with Crippen molar-refractivity contribution in [2.75, 3.05) is 0 Å². The van der Waals surface area contributed by atoms with E-state index >= 15 is 0 Å². The summed E-state index contributed by atoms with van der Waals surface area (Å²) in [6.45, 7) is 15.6. The summed E-state index contributed by atoms with van der Waals surface area (Å²) in [5, 5.41) is 7.36. The average molecular weight is 518 g/mol. The van der Waals surface area contributed by atoms with E-state index in [1.165, 1.54) is 43.1 Å². The molecule has 3 heterocycles. The minimum atomic E-state index is 0.0122. The van der Waals surface area contributed by atoms with Crippen molar-refractivity contribution in [3.8, 4) is 22.4 Å². The van der Waals surface area contributed by atoms with Gasteiger partial charge < -0.3 is 4.42 Å². The van der Waals surface area contributed by atoms with Crippen LogP contribution in [-0.2, 0) is 11.8 Å². The van der Waals surface area contributed by atoms with Crippen molar-refractivity contribution in [3.63, 3.8) is 0 Å². The molecule has 0 bridgehead atoms. The van der Waals surface area contributed by atoms with Crippen molar-refractivity contribution in [2.24, 2.45) is 5.92 Å². The maximum absolute atomic E-state index is 6.23. The summed E-state index contributed by atoms with van der Waals surface area (Å²) in [6.07, 6.45) is 1.11. The Morgan fingerprint density at radius 3 is 2.45 bits per heavy atom. The highest BCUT2D eigenvalue weighted by Gasteiger charge is 2.21. The highest BCUT2D eigenvalue weighted by atomic mass is 32.1. The molecular weight excluding hydrogens is 482 g/mol. The lowest BCUT2D eigenvalue weighted by molar-refractivity contribution is 0.565. The molecule has 6 rings (SSSR count). The minimum Gasteiger partial charge on any atom is -0.443 e. The van der Waals surface area contributed by atoms with Crippen molar-refractivity contribution < 1.29 is 4.42 Å². The van der Waals surface area contributed by atoms with Crippen LogP contribution in [-0.4, -0.2) is 4.98 Å². The van der Waals surface area contributed by atoms with Crippen molar-refractivity contribution in [1.82, 2.24) is 4.98 Å². The Balaban J connectivity index is 1.59. The van der Waals surface area contributed by atoms with Crippen LogP contribution in [0.3, 0.4) is 0 Å². The third-order valence-electron chi connectivity index (χ3n) is 7.70. The Morgan fingerprint density at radius 1 is 0.895 bits per heavy atom. The standard InChI is InChI=1S/C35H35NOS/c1-20(2)14-26-19-38-32-17-24(12-13-28(26)32)29-18-31(36-34-33(29)21(3)22(4)37-34)25-15-23-10-8-9-11-27(23)30(16-25)35(5,6)7/h8-13,15-20H,14H2,1-7H3. The third kappa shape index (κ3) is 4.23. The van der Waals surface area contributed by atoms with Gasteiger partial charge in [0.25, 0.3) is 0 Å². The molecule has 0 spiro atoms. The molecule has 0 aliphatic carbocycles. The molecule has 38 heavy (non-hydrogen) atoms. The molecule has 0 saturated heterocycles. The second-order valence-electron chi connectivity index (χ2n) is 12.1. The quantitative estimate of drug-likeness (QED) is 0.232. The van der Waals surface area contributed by atoms with E-state index in [0.717, 1.165) is 34.4 Å². The number of nitrogens with zero attached hydrogens (tertiary/aromatic N) is 1. The number of aromatic nitrogens is 1. The Kier molecular flexibility index (Phi) is 5.96. The maximum atomic E-state index is 6.23. The van der Waals surface area contributed by atoms with Crippen LogP contribution in [0.4, 0.5) is 0 Å². The van der Waals surface area contributed by atoms with Gasteiger partial charge in [0.05, 0.1) is 11.1 Å². The summed E-state index contributed by atoms with van der Waals surface area (Å²) in [6, 6.07) is 22.5. The third-order valence-corrected chi connectivity index (χ3v) is 8.69. The van der Waals surface area contributed by atoms with Crippen LogP contribution in [0.1, 0.15) is 57.1 Å². The van der Waals surface area contributed by atoms with Crippen LogP contribution < -0.4 is 0 Å². The van der Waals surface area contributed by atoms with E-state index in [4.69, 9.17) is 9.40 Å². The number of hydrogen-bond acceptors (Lipinski definition) is 3. The SMILES string of the molecule is Cc1oc2nc(-c3cc(C(C)(C)C)c4ccccc4c3)cc(-c3ccc4c(CC(C)C)csc4c3)c2c1C. The first kappa shape index (κ1) is 24.9. The van der Waals surface area contributed by atoms with Gasteiger partial charge in [0.2, 0.25) is 5.71 Å². The number of fused-ring (bicyclic) bond motifs is 3. The summed E-state index contributed by atoms with van der Waals surface area (Å²) in [4.78, 5) is 5.08. The van der Waals surface area contributed by atoms with E-state index in [0.29, 0.717) is 11.6 Å². The summed E-state index contributed by atoms with van der Waals surface area (Å²) >= 11 is 1.85. The van der Waals surface area contributed by atoms with Gasteiger partial charge in [-0.3, -0.25) is 0 Å². The van der Waals surface area contributed by atoms with Gasteiger partial charge in [-0.05, 0) is 99.7 Å². The average Bonchev–Trinajstić information content (AvgIpc) is 3.40. The van der Waals surface area contributed by atoms with Crippen LogP contribution in [0.25, 0.3) is 54.3 Å². The number of rotatable bonds is 4. The lowest BCUT2D eigenvalue weighted by Crippen LogP contribution is -2.12. The first-order chi connectivity index (χ1) is 18.1. The van der Waals surface area contributed by atoms with Crippen molar-refractivity contribution in [2.45, 2.75) is 60.3 Å². The lowest BCUT2D eigenvalue weighted by atomic mass is 9.82. The number of thiophene rings is 1. The van der Waals surface area contributed by atoms with Crippen molar-refractivity contribution >= 4 is 43.3 Å². The molecule has 3 aromatic heterocycles. The molecule has 192 valence electrons. The van der Waals surface area contributed by atoms with Crippen molar-refractivity contribution in [3.05, 3.63) is 88.5 Å². The molecule has 0 fully saturated rings. The number of hydrogen-bond donors (Lipinski definition) is 0. The predicted octanol–water partition coefficient (Wildman–Crippen LogP) is 10.6. The largest absolute Gasteiger partial charge is 0.443 e. The maximum Gasteiger partial charge on any atom is 0.227 e. The molecule has 0 amide bonds. The highest BCUT2D eigenvalue weighted by molar-refractivity contribution is 7.17. The van der Waals surface area contributed by atoms with E-state index in [9.17, 15) is 0 Å². The van der Waals surface area contributed by atoms with Crippen LogP contribution in [0, 0.1) is 19.8 Å². The Morgan fingerprint density at radius 2 is 1.68 bits per heavy atom. The Bertz CT molecular complexity index is 1830. The van der Waals surface area contributed by atoms with E-state index in [1.807, 2.05) is 18.3 Å².